The summed E-state index contributed by atoms with van der Waals surface area (Å²) in [6, 6.07) is 4.41. The molecule has 1 aromatic heterocycles. The standard InChI is InChI=1S/C9H5F3N2OS2/c10-9(11,12)6-2-1-3-7(4-6)17(15)8-5-13-14-16-8/h1-5H/t17-/m0/s1. The first-order valence-electron chi connectivity index (χ1n) is 4.35. The lowest BCUT2D eigenvalue weighted by atomic mass is 10.2. The third-order valence-corrected chi connectivity index (χ3v) is 4.19. The van der Waals surface area contributed by atoms with Gasteiger partial charge < -0.3 is 0 Å². The van der Waals surface area contributed by atoms with Gasteiger partial charge in [-0.15, -0.1) is 5.10 Å². The average Bonchev–Trinajstić information content (AvgIpc) is 2.80. The molecule has 8 heteroatoms. The highest BCUT2D eigenvalue weighted by Crippen LogP contribution is 2.31. The van der Waals surface area contributed by atoms with E-state index in [9.17, 15) is 17.4 Å². The highest BCUT2D eigenvalue weighted by atomic mass is 32.2. The van der Waals surface area contributed by atoms with Crippen LogP contribution in [0.15, 0.2) is 39.6 Å². The molecule has 0 spiro atoms. The van der Waals surface area contributed by atoms with Crippen LogP contribution in [0.2, 0.25) is 0 Å². The normalized spacial score (nSPS) is 13.6. The molecule has 1 atom stereocenters. The zero-order valence-electron chi connectivity index (χ0n) is 8.14. The van der Waals surface area contributed by atoms with E-state index >= 15 is 0 Å². The lowest BCUT2D eigenvalue weighted by Gasteiger charge is -2.07. The summed E-state index contributed by atoms with van der Waals surface area (Å²) in [5, 5.41) is 3.49. The number of alkyl halides is 3. The number of hydrogen-bond donors (Lipinski definition) is 0. The van der Waals surface area contributed by atoms with E-state index in [-0.39, 0.29) is 4.90 Å². The number of benzene rings is 1. The molecule has 0 amide bonds. The average molecular weight is 278 g/mol. The Bertz CT molecular complexity index is 539. The smallest absolute Gasteiger partial charge is 0.248 e. The van der Waals surface area contributed by atoms with Crippen molar-refractivity contribution < 1.29 is 17.4 Å². The van der Waals surface area contributed by atoms with Gasteiger partial charge in [-0.2, -0.15) is 13.2 Å². The van der Waals surface area contributed by atoms with Crippen LogP contribution < -0.4 is 0 Å². The van der Waals surface area contributed by atoms with Gasteiger partial charge >= 0.3 is 6.18 Å². The summed E-state index contributed by atoms with van der Waals surface area (Å²) in [6.45, 7) is 0. The van der Waals surface area contributed by atoms with Gasteiger partial charge in [0, 0.05) is 4.90 Å². The number of nitrogens with zero attached hydrogens (tertiary/aromatic N) is 2. The summed E-state index contributed by atoms with van der Waals surface area (Å²) in [5.41, 5.74) is -0.819. The van der Waals surface area contributed by atoms with Crippen LogP contribution in [0.1, 0.15) is 5.56 Å². The lowest BCUT2D eigenvalue weighted by molar-refractivity contribution is -0.137. The SMILES string of the molecule is O=[S@@](c1cccc(C(F)(F)F)c1)c1cnns1. The fraction of sp³-hybridized carbons (Fsp3) is 0.111. The first kappa shape index (κ1) is 12.2. The maximum atomic E-state index is 12.5. The van der Waals surface area contributed by atoms with Crippen LogP contribution >= 0.6 is 11.5 Å². The van der Waals surface area contributed by atoms with Gasteiger partial charge in [0.1, 0.15) is 4.21 Å². The number of hydrogen-bond acceptors (Lipinski definition) is 4. The molecule has 17 heavy (non-hydrogen) atoms. The van der Waals surface area contributed by atoms with E-state index in [0.717, 1.165) is 23.7 Å². The van der Waals surface area contributed by atoms with Crippen molar-refractivity contribution in [1.82, 2.24) is 9.59 Å². The van der Waals surface area contributed by atoms with E-state index in [1.54, 1.807) is 0 Å². The Kier molecular flexibility index (Phi) is 3.25. The van der Waals surface area contributed by atoms with Crippen LogP contribution in [0, 0.1) is 0 Å². The van der Waals surface area contributed by atoms with E-state index in [1.807, 2.05) is 0 Å². The third kappa shape index (κ3) is 2.70. The van der Waals surface area contributed by atoms with Gasteiger partial charge in [-0.05, 0) is 29.7 Å². The molecule has 2 rings (SSSR count). The lowest BCUT2D eigenvalue weighted by Crippen LogP contribution is -2.05. The highest BCUT2D eigenvalue weighted by molar-refractivity contribution is 7.87. The summed E-state index contributed by atoms with van der Waals surface area (Å²) in [7, 11) is -1.67. The van der Waals surface area contributed by atoms with Crippen LogP contribution in [0.3, 0.4) is 0 Å². The molecule has 0 N–H and O–H groups in total. The Labute approximate surface area is 101 Å². The first-order valence-corrected chi connectivity index (χ1v) is 6.27. The molecule has 0 aliphatic carbocycles. The second-order valence-electron chi connectivity index (χ2n) is 3.03. The molecule has 0 fully saturated rings. The molecular weight excluding hydrogens is 273 g/mol. The Hall–Kier alpha value is -1.28. The summed E-state index contributed by atoms with van der Waals surface area (Å²) in [6.07, 6.45) is -3.16. The van der Waals surface area contributed by atoms with Crippen LogP contribution in [-0.4, -0.2) is 13.8 Å². The fourth-order valence-corrected chi connectivity index (χ4v) is 2.88. The largest absolute Gasteiger partial charge is 0.416 e. The zero-order valence-corrected chi connectivity index (χ0v) is 9.77. The molecular formula is C9H5F3N2OS2. The van der Waals surface area contributed by atoms with Crippen molar-refractivity contribution >= 4 is 22.3 Å². The zero-order chi connectivity index (χ0) is 12.5. The van der Waals surface area contributed by atoms with Crippen LogP contribution in [-0.2, 0) is 17.0 Å². The molecule has 0 unspecified atom stereocenters. The van der Waals surface area contributed by atoms with Crippen molar-refractivity contribution in [3.8, 4) is 0 Å². The van der Waals surface area contributed by atoms with E-state index in [4.69, 9.17) is 0 Å². The summed E-state index contributed by atoms with van der Waals surface area (Å²) >= 11 is 0.897. The molecule has 0 saturated heterocycles. The minimum atomic E-state index is -4.44. The summed E-state index contributed by atoms with van der Waals surface area (Å²) in [5.74, 6) is 0. The maximum Gasteiger partial charge on any atom is 0.416 e. The Balaban J connectivity index is 2.38. The Morgan fingerprint density at radius 2 is 2.06 bits per heavy atom. The molecule has 0 aliphatic rings. The van der Waals surface area contributed by atoms with Crippen LogP contribution in [0.25, 0.3) is 0 Å². The monoisotopic (exact) mass is 278 g/mol. The summed E-state index contributed by atoms with van der Waals surface area (Å²) < 4.78 is 53.1. The molecule has 90 valence electrons. The van der Waals surface area contributed by atoms with Gasteiger partial charge in [0.25, 0.3) is 0 Å². The van der Waals surface area contributed by atoms with Crippen molar-refractivity contribution in [1.29, 1.82) is 0 Å². The molecule has 0 radical (unpaired) electrons. The van der Waals surface area contributed by atoms with Gasteiger partial charge in [0.05, 0.1) is 22.6 Å². The van der Waals surface area contributed by atoms with Crippen molar-refractivity contribution in [3.05, 3.63) is 36.0 Å². The van der Waals surface area contributed by atoms with E-state index in [0.29, 0.717) is 4.21 Å². The molecule has 0 saturated carbocycles. The van der Waals surface area contributed by atoms with Gasteiger partial charge in [0.15, 0.2) is 0 Å². The number of rotatable bonds is 2. The van der Waals surface area contributed by atoms with Crippen LogP contribution in [0.4, 0.5) is 13.2 Å². The first-order chi connectivity index (χ1) is 7.98. The molecule has 3 nitrogen and oxygen atoms in total. The molecule has 0 bridgehead atoms. The van der Waals surface area contributed by atoms with Gasteiger partial charge in [-0.3, -0.25) is 0 Å². The van der Waals surface area contributed by atoms with Crippen molar-refractivity contribution in [2.45, 2.75) is 15.3 Å². The topological polar surface area (TPSA) is 42.9 Å². The number of aromatic nitrogens is 2. The van der Waals surface area contributed by atoms with Crippen LogP contribution in [0.5, 0.6) is 0 Å². The molecule has 1 heterocycles. The number of halogens is 3. The molecule has 1 aromatic carbocycles. The molecule has 0 aliphatic heterocycles. The predicted molar refractivity (Wildman–Crippen MR) is 56.0 cm³/mol. The van der Waals surface area contributed by atoms with Gasteiger partial charge in [0.2, 0.25) is 0 Å². The van der Waals surface area contributed by atoms with E-state index < -0.39 is 22.5 Å². The predicted octanol–water partition coefficient (Wildman–Crippen LogP) is 2.72. The van der Waals surface area contributed by atoms with Crippen molar-refractivity contribution in [2.24, 2.45) is 0 Å². The minimum absolute atomic E-state index is 0.0888. The van der Waals surface area contributed by atoms with E-state index in [2.05, 4.69) is 9.59 Å². The van der Waals surface area contributed by atoms with Gasteiger partial charge in [-0.25, -0.2) is 4.21 Å². The maximum absolute atomic E-state index is 12.5. The van der Waals surface area contributed by atoms with Crippen molar-refractivity contribution in [2.75, 3.05) is 0 Å². The second kappa shape index (κ2) is 4.53. The third-order valence-electron chi connectivity index (χ3n) is 1.90. The summed E-state index contributed by atoms with van der Waals surface area (Å²) in [4.78, 5) is 0.0888. The fourth-order valence-electron chi connectivity index (χ4n) is 1.14. The second-order valence-corrected chi connectivity index (χ2v) is 5.52. The Morgan fingerprint density at radius 3 is 2.65 bits per heavy atom. The highest BCUT2D eigenvalue weighted by Gasteiger charge is 2.30. The van der Waals surface area contributed by atoms with Gasteiger partial charge in [-0.1, -0.05) is 10.6 Å². The van der Waals surface area contributed by atoms with E-state index in [1.165, 1.54) is 18.3 Å². The minimum Gasteiger partial charge on any atom is -0.248 e. The molecule has 2 aromatic rings. The quantitative estimate of drug-likeness (QED) is 0.848. The Morgan fingerprint density at radius 1 is 1.29 bits per heavy atom. The van der Waals surface area contributed by atoms with Crippen molar-refractivity contribution in [3.63, 3.8) is 0 Å².